The number of ether oxygens (including phenoxy) is 2. The molecule has 0 unspecified atom stereocenters. The molecule has 6 heteroatoms. The molecule has 0 atom stereocenters. The second-order valence-corrected chi connectivity index (χ2v) is 8.60. The lowest BCUT2D eigenvalue weighted by Gasteiger charge is -2.28. The van der Waals surface area contributed by atoms with E-state index < -0.39 is 8.80 Å². The van der Waals surface area contributed by atoms with E-state index in [1.165, 1.54) is 31.9 Å². The molecule has 0 aromatic rings. The van der Waals surface area contributed by atoms with Crippen LogP contribution in [-0.2, 0) is 22.8 Å². The molecule has 1 aliphatic carbocycles. The molecule has 21 heavy (non-hydrogen) atoms. The molecule has 1 fully saturated rings. The Bertz CT molecular complexity index is 267. The van der Waals surface area contributed by atoms with Crippen molar-refractivity contribution in [2.24, 2.45) is 11.8 Å². The van der Waals surface area contributed by atoms with Crippen LogP contribution >= 0.6 is 0 Å². The predicted octanol–water partition coefficient (Wildman–Crippen LogP) is 2.85. The van der Waals surface area contributed by atoms with Gasteiger partial charge in [0.2, 0.25) is 0 Å². The Hall–Kier alpha value is -0.403. The summed E-state index contributed by atoms with van der Waals surface area (Å²) >= 11 is 0. The Balaban J connectivity index is 2.13. The highest BCUT2D eigenvalue weighted by Gasteiger charge is 2.37. The van der Waals surface area contributed by atoms with Crippen molar-refractivity contribution in [3.63, 3.8) is 0 Å². The first-order valence-electron chi connectivity index (χ1n) is 7.65. The summed E-state index contributed by atoms with van der Waals surface area (Å²) in [6.45, 7) is 5.83. The third kappa shape index (κ3) is 6.48. The van der Waals surface area contributed by atoms with Gasteiger partial charge in [-0.15, -0.1) is 0 Å². The third-order valence-electron chi connectivity index (χ3n) is 4.26. The van der Waals surface area contributed by atoms with Crippen LogP contribution in [0.5, 0.6) is 0 Å². The quantitative estimate of drug-likeness (QED) is 0.333. The van der Waals surface area contributed by atoms with Gasteiger partial charge in [-0.25, -0.2) is 0 Å². The molecule has 1 rings (SSSR count). The molecular formula is C15H30O5Si. The first-order valence-corrected chi connectivity index (χ1v) is 9.58. The van der Waals surface area contributed by atoms with Crippen LogP contribution < -0.4 is 0 Å². The number of hydrogen-bond donors (Lipinski definition) is 0. The van der Waals surface area contributed by atoms with E-state index in [1.807, 2.05) is 0 Å². The van der Waals surface area contributed by atoms with Gasteiger partial charge in [0.05, 0.1) is 19.5 Å². The van der Waals surface area contributed by atoms with E-state index in [2.05, 4.69) is 6.58 Å². The Kier molecular flexibility index (Phi) is 9.18. The molecule has 5 nitrogen and oxygen atoms in total. The second kappa shape index (κ2) is 10.3. The Morgan fingerprint density at radius 3 is 1.95 bits per heavy atom. The van der Waals surface area contributed by atoms with Crippen LogP contribution in [0.15, 0.2) is 12.8 Å². The maximum absolute atomic E-state index is 5.80. The van der Waals surface area contributed by atoms with Gasteiger partial charge in [-0.05, 0) is 37.5 Å². The lowest BCUT2D eigenvalue weighted by Crippen LogP contribution is -2.43. The van der Waals surface area contributed by atoms with E-state index in [-0.39, 0.29) is 0 Å². The summed E-state index contributed by atoms with van der Waals surface area (Å²) in [5.74, 6) is 1.34. The van der Waals surface area contributed by atoms with Gasteiger partial charge in [0.1, 0.15) is 0 Å². The molecule has 0 spiro atoms. The Labute approximate surface area is 129 Å². The van der Waals surface area contributed by atoms with Gasteiger partial charge in [-0.3, -0.25) is 0 Å². The minimum Gasteiger partial charge on any atom is -0.502 e. The Morgan fingerprint density at radius 1 is 0.952 bits per heavy atom. The van der Waals surface area contributed by atoms with Gasteiger partial charge in [-0.1, -0.05) is 6.58 Å². The first kappa shape index (κ1) is 18.6. The van der Waals surface area contributed by atoms with Gasteiger partial charge in [0.25, 0.3) is 0 Å². The highest BCUT2D eigenvalue weighted by atomic mass is 28.4. The van der Waals surface area contributed by atoms with Crippen LogP contribution in [0.1, 0.15) is 25.7 Å². The standard InChI is InChI=1S/C15H30O5Si/c1-5-19-12-14-6-8-15(9-7-14)13-20-10-11-21(16-2,17-3)18-4/h5,14-15H,1,6-13H2,2-4H3. The molecule has 0 radical (unpaired) electrons. The van der Waals surface area contributed by atoms with Gasteiger partial charge in [-0.2, -0.15) is 0 Å². The minimum atomic E-state index is -2.48. The van der Waals surface area contributed by atoms with Crippen molar-refractivity contribution in [2.45, 2.75) is 31.7 Å². The van der Waals surface area contributed by atoms with E-state index in [1.54, 1.807) is 21.3 Å². The van der Waals surface area contributed by atoms with E-state index in [4.69, 9.17) is 22.8 Å². The summed E-state index contributed by atoms with van der Waals surface area (Å²) in [6, 6.07) is 0.693. The molecule has 0 bridgehead atoms. The lowest BCUT2D eigenvalue weighted by atomic mass is 9.83. The topological polar surface area (TPSA) is 46.2 Å². The van der Waals surface area contributed by atoms with Gasteiger partial charge in [0.15, 0.2) is 0 Å². The highest BCUT2D eigenvalue weighted by molar-refractivity contribution is 6.60. The fraction of sp³-hybridized carbons (Fsp3) is 0.867. The van der Waals surface area contributed by atoms with E-state index in [0.29, 0.717) is 24.5 Å². The smallest absolute Gasteiger partial charge is 0.502 e. The van der Waals surface area contributed by atoms with Gasteiger partial charge >= 0.3 is 8.80 Å². The predicted molar refractivity (Wildman–Crippen MR) is 84.0 cm³/mol. The van der Waals surface area contributed by atoms with Crippen LogP contribution in [0, 0.1) is 11.8 Å². The molecule has 0 saturated heterocycles. The molecule has 0 N–H and O–H groups in total. The van der Waals surface area contributed by atoms with Gasteiger partial charge < -0.3 is 22.8 Å². The molecule has 1 saturated carbocycles. The highest BCUT2D eigenvalue weighted by Crippen LogP contribution is 2.29. The summed E-state index contributed by atoms with van der Waals surface area (Å²) in [4.78, 5) is 0. The molecule has 0 aliphatic heterocycles. The maximum atomic E-state index is 5.80. The Morgan fingerprint density at radius 2 is 1.48 bits per heavy atom. The fourth-order valence-electron chi connectivity index (χ4n) is 2.77. The van der Waals surface area contributed by atoms with E-state index >= 15 is 0 Å². The average Bonchev–Trinajstić information content (AvgIpc) is 2.55. The summed E-state index contributed by atoms with van der Waals surface area (Å²) in [5.41, 5.74) is 0. The molecule has 0 heterocycles. The van der Waals surface area contributed by atoms with Crippen molar-refractivity contribution in [1.82, 2.24) is 0 Å². The summed E-state index contributed by atoms with van der Waals surface area (Å²) in [6.07, 6.45) is 6.40. The van der Waals surface area contributed by atoms with Crippen LogP contribution in [0.4, 0.5) is 0 Å². The van der Waals surface area contributed by atoms with Crippen molar-refractivity contribution in [3.05, 3.63) is 12.8 Å². The molecule has 1 aliphatic rings. The van der Waals surface area contributed by atoms with Crippen molar-refractivity contribution in [3.8, 4) is 0 Å². The molecular weight excluding hydrogens is 288 g/mol. The third-order valence-corrected chi connectivity index (χ3v) is 6.94. The van der Waals surface area contributed by atoms with Crippen molar-refractivity contribution >= 4 is 8.80 Å². The normalized spacial score (nSPS) is 23.0. The summed E-state index contributed by atoms with van der Waals surface area (Å²) < 4.78 is 27.2. The zero-order valence-electron chi connectivity index (χ0n) is 13.6. The molecule has 0 aromatic heterocycles. The van der Waals surface area contributed by atoms with Gasteiger partial charge in [0, 0.05) is 34.0 Å². The van der Waals surface area contributed by atoms with Crippen LogP contribution in [-0.4, -0.2) is 50.0 Å². The van der Waals surface area contributed by atoms with Crippen LogP contribution in [0.3, 0.4) is 0 Å². The number of rotatable bonds is 11. The van der Waals surface area contributed by atoms with Crippen molar-refractivity contribution < 1.29 is 22.8 Å². The maximum Gasteiger partial charge on any atom is 0.502 e. The molecule has 0 aromatic carbocycles. The average molecular weight is 318 g/mol. The molecule has 124 valence electrons. The first-order chi connectivity index (χ1) is 10.2. The van der Waals surface area contributed by atoms with E-state index in [0.717, 1.165) is 13.2 Å². The van der Waals surface area contributed by atoms with Crippen molar-refractivity contribution in [2.75, 3.05) is 41.2 Å². The lowest BCUT2D eigenvalue weighted by molar-refractivity contribution is 0.0607. The van der Waals surface area contributed by atoms with E-state index in [9.17, 15) is 0 Å². The largest absolute Gasteiger partial charge is 0.502 e. The SMILES string of the molecule is C=COCC1CCC(COCC[Si](OC)(OC)OC)CC1. The van der Waals surface area contributed by atoms with Crippen LogP contribution in [0.25, 0.3) is 0 Å². The monoisotopic (exact) mass is 318 g/mol. The molecule has 0 amide bonds. The second-order valence-electron chi connectivity index (χ2n) is 5.51. The fourth-order valence-corrected chi connectivity index (χ4v) is 4.28. The summed E-state index contributed by atoms with van der Waals surface area (Å²) in [7, 11) is 2.41. The summed E-state index contributed by atoms with van der Waals surface area (Å²) in [5, 5.41) is 0. The minimum absolute atomic E-state index is 0.626. The van der Waals surface area contributed by atoms with Crippen LogP contribution in [0.2, 0.25) is 6.04 Å². The zero-order valence-corrected chi connectivity index (χ0v) is 14.6. The number of hydrogen-bond acceptors (Lipinski definition) is 5. The van der Waals surface area contributed by atoms with Crippen molar-refractivity contribution in [1.29, 1.82) is 0 Å². The zero-order chi connectivity index (χ0) is 15.6.